The second-order valence-electron chi connectivity index (χ2n) is 6.82. The number of hydrogen-bond acceptors (Lipinski definition) is 7. The smallest absolute Gasteiger partial charge is 0.231 e. The predicted octanol–water partition coefficient (Wildman–Crippen LogP) is 5.43. The Morgan fingerprint density at radius 3 is 2.55 bits per heavy atom. The Bertz CT molecular complexity index is 1450. The van der Waals surface area contributed by atoms with Crippen LogP contribution in [0.1, 0.15) is 0 Å². The number of aromatic nitrogens is 3. The van der Waals surface area contributed by atoms with Crippen molar-refractivity contribution in [1.29, 1.82) is 0 Å². The third-order valence-electron chi connectivity index (χ3n) is 5.07. The fraction of sp³-hybridized carbons (Fsp3) is 0.136. The minimum absolute atomic E-state index is 0.206. The number of benzene rings is 2. The van der Waals surface area contributed by atoms with E-state index in [0.29, 0.717) is 43.8 Å². The lowest BCUT2D eigenvalue weighted by molar-refractivity contribution is 0.174. The Balaban J connectivity index is 1.81. The number of methoxy groups -OCH3 is 2. The summed E-state index contributed by atoms with van der Waals surface area (Å²) in [6, 6.07) is 13.4. The zero-order chi connectivity index (χ0) is 21.5. The van der Waals surface area contributed by atoms with E-state index in [1.54, 1.807) is 14.2 Å². The van der Waals surface area contributed by atoms with Crippen LogP contribution in [0.3, 0.4) is 0 Å². The van der Waals surface area contributed by atoms with E-state index in [2.05, 4.69) is 9.97 Å². The summed E-state index contributed by atoms with van der Waals surface area (Å²) in [7, 11) is 3.23. The van der Waals surface area contributed by atoms with E-state index in [1.807, 2.05) is 42.5 Å². The molecule has 3 heterocycles. The quantitative estimate of drug-likeness (QED) is 0.400. The van der Waals surface area contributed by atoms with Gasteiger partial charge in [-0.1, -0.05) is 18.3 Å². The number of pyridine rings is 1. The minimum Gasteiger partial charge on any atom is -0.497 e. The van der Waals surface area contributed by atoms with Crippen molar-refractivity contribution in [2.24, 2.45) is 0 Å². The van der Waals surface area contributed by atoms with E-state index < -0.39 is 0 Å². The van der Waals surface area contributed by atoms with E-state index in [4.69, 9.17) is 48.4 Å². The van der Waals surface area contributed by atoms with Crippen molar-refractivity contribution in [1.82, 2.24) is 15.0 Å². The molecule has 4 aromatic rings. The average molecular weight is 452 g/mol. The molecular weight excluding hydrogens is 434 g/mol. The highest BCUT2D eigenvalue weighted by Crippen LogP contribution is 2.40. The van der Waals surface area contributed by atoms with Gasteiger partial charge in [0.05, 0.1) is 25.3 Å². The van der Waals surface area contributed by atoms with Gasteiger partial charge in [0.25, 0.3) is 0 Å². The van der Waals surface area contributed by atoms with Crippen LogP contribution in [0.15, 0.2) is 42.5 Å². The first-order chi connectivity index (χ1) is 15.1. The molecule has 0 saturated heterocycles. The van der Waals surface area contributed by atoms with Gasteiger partial charge in [0.1, 0.15) is 21.8 Å². The molecule has 156 valence electrons. The van der Waals surface area contributed by atoms with Crippen molar-refractivity contribution in [2.45, 2.75) is 0 Å². The van der Waals surface area contributed by atoms with Crippen molar-refractivity contribution < 1.29 is 18.9 Å². The second kappa shape index (κ2) is 7.68. The summed E-state index contributed by atoms with van der Waals surface area (Å²) >= 11 is 10.9. The maximum absolute atomic E-state index is 5.59. The number of hydrogen-bond donors (Lipinski definition) is 2. The summed E-state index contributed by atoms with van der Waals surface area (Å²) in [6.45, 7) is 0.206. The van der Waals surface area contributed by atoms with E-state index in [-0.39, 0.29) is 6.79 Å². The van der Waals surface area contributed by atoms with Gasteiger partial charge in [0.15, 0.2) is 16.3 Å². The summed E-state index contributed by atoms with van der Waals surface area (Å²) in [5.41, 5.74) is 3.88. The van der Waals surface area contributed by atoms with E-state index in [0.717, 1.165) is 22.1 Å². The zero-order valence-corrected chi connectivity index (χ0v) is 18.3. The van der Waals surface area contributed by atoms with Gasteiger partial charge in [-0.3, -0.25) is 0 Å². The third-order valence-corrected chi connectivity index (χ3v) is 5.58. The van der Waals surface area contributed by atoms with Crippen LogP contribution in [0.2, 0.25) is 0 Å². The van der Waals surface area contributed by atoms with Crippen molar-refractivity contribution in [3.8, 4) is 45.4 Å². The van der Waals surface area contributed by atoms with Gasteiger partial charge in [-0.2, -0.15) is 0 Å². The fourth-order valence-corrected chi connectivity index (χ4v) is 4.18. The molecule has 1 aliphatic rings. The molecule has 31 heavy (non-hydrogen) atoms. The summed E-state index contributed by atoms with van der Waals surface area (Å²) in [6.07, 6.45) is 0. The molecule has 7 nitrogen and oxygen atoms in total. The molecule has 0 fully saturated rings. The zero-order valence-electron chi connectivity index (χ0n) is 16.6. The molecule has 9 heteroatoms. The van der Waals surface area contributed by atoms with E-state index in [1.165, 1.54) is 0 Å². The van der Waals surface area contributed by atoms with Gasteiger partial charge in [-0.15, -0.1) is 0 Å². The minimum atomic E-state index is 0.206. The first-order valence-electron chi connectivity index (χ1n) is 9.37. The van der Waals surface area contributed by atoms with Gasteiger partial charge in [0, 0.05) is 11.6 Å². The number of nitrogens with one attached hydrogen (secondary N) is 2. The summed E-state index contributed by atoms with van der Waals surface area (Å²) < 4.78 is 22.8. The van der Waals surface area contributed by atoms with Crippen LogP contribution in [0, 0.1) is 9.41 Å². The van der Waals surface area contributed by atoms with Gasteiger partial charge in [-0.05, 0) is 53.7 Å². The molecule has 2 N–H and O–H groups in total. The first-order valence-corrected chi connectivity index (χ1v) is 10.2. The van der Waals surface area contributed by atoms with Crippen LogP contribution in [-0.4, -0.2) is 36.0 Å². The molecule has 0 amide bonds. The Hall–Kier alpha value is -3.43. The molecule has 0 unspecified atom stereocenters. The normalized spacial score (nSPS) is 12.2. The van der Waals surface area contributed by atoms with Gasteiger partial charge >= 0.3 is 0 Å². The highest BCUT2D eigenvalue weighted by atomic mass is 32.1. The number of fused-ring (bicyclic) bond motifs is 2. The number of ether oxygens (including phenoxy) is 4. The SMILES string of the molecule is COc1ccc(-c2cc(-c3ccc4c(c3)OCO4)c3c(=S)[nH]c(=S)[nH]c3n2)c(OC)c1. The standard InChI is InChI=1S/C22H17N3O4S2/c1-26-12-4-5-13(17(8-12)27-2)15-9-14(11-3-6-16-18(7-11)29-10-28-16)19-20(23-15)24-22(31)25-21(19)30/h3-9H,10H2,1-2H3,(H2,23,24,25,30,31). The maximum atomic E-state index is 5.59. The van der Waals surface area contributed by atoms with Gasteiger partial charge in [0.2, 0.25) is 6.79 Å². The van der Waals surface area contributed by atoms with Gasteiger partial charge in [-0.25, -0.2) is 4.98 Å². The predicted molar refractivity (Wildman–Crippen MR) is 122 cm³/mol. The molecule has 5 rings (SSSR count). The van der Waals surface area contributed by atoms with Crippen LogP contribution in [0.4, 0.5) is 0 Å². The van der Waals surface area contributed by atoms with E-state index in [9.17, 15) is 0 Å². The summed E-state index contributed by atoms with van der Waals surface area (Å²) in [5, 5.41) is 0.763. The molecule has 2 aromatic carbocycles. The second-order valence-corrected chi connectivity index (χ2v) is 7.64. The Morgan fingerprint density at radius 2 is 1.74 bits per heavy atom. The van der Waals surface area contributed by atoms with Crippen molar-refractivity contribution >= 4 is 35.5 Å². The number of H-pyrrole nitrogens is 2. The molecule has 0 atom stereocenters. The molecule has 0 saturated carbocycles. The van der Waals surface area contributed by atoms with E-state index >= 15 is 0 Å². The Kier molecular flexibility index (Phi) is 4.84. The van der Waals surface area contributed by atoms with Crippen molar-refractivity contribution in [3.63, 3.8) is 0 Å². The molecule has 0 spiro atoms. The van der Waals surface area contributed by atoms with Crippen molar-refractivity contribution in [2.75, 3.05) is 21.0 Å². The lowest BCUT2D eigenvalue weighted by Gasteiger charge is -2.14. The third kappa shape index (κ3) is 3.41. The monoisotopic (exact) mass is 451 g/mol. The average Bonchev–Trinajstić information content (AvgIpc) is 3.25. The number of rotatable bonds is 4. The topological polar surface area (TPSA) is 81.4 Å². The number of aromatic amines is 2. The van der Waals surface area contributed by atoms with Crippen LogP contribution in [0.5, 0.6) is 23.0 Å². The molecule has 2 aromatic heterocycles. The summed E-state index contributed by atoms with van der Waals surface area (Å²) in [5.74, 6) is 2.73. The highest BCUT2D eigenvalue weighted by Gasteiger charge is 2.18. The largest absolute Gasteiger partial charge is 0.497 e. The Labute approximate surface area is 187 Å². The van der Waals surface area contributed by atoms with Crippen LogP contribution in [0.25, 0.3) is 33.4 Å². The van der Waals surface area contributed by atoms with Crippen LogP contribution >= 0.6 is 24.4 Å². The van der Waals surface area contributed by atoms with Crippen LogP contribution < -0.4 is 18.9 Å². The Morgan fingerprint density at radius 1 is 0.903 bits per heavy atom. The van der Waals surface area contributed by atoms with Gasteiger partial charge < -0.3 is 28.9 Å². The number of nitrogens with zero attached hydrogens (tertiary/aromatic N) is 1. The maximum Gasteiger partial charge on any atom is 0.231 e. The molecule has 0 bridgehead atoms. The molecule has 0 aliphatic carbocycles. The lowest BCUT2D eigenvalue weighted by Crippen LogP contribution is -1.97. The molecular formula is C22H17N3O4S2. The van der Waals surface area contributed by atoms with Crippen LogP contribution in [-0.2, 0) is 0 Å². The molecule has 1 aliphatic heterocycles. The fourth-order valence-electron chi connectivity index (χ4n) is 3.61. The summed E-state index contributed by atoms with van der Waals surface area (Å²) in [4.78, 5) is 10.9. The van der Waals surface area contributed by atoms with Crippen molar-refractivity contribution in [3.05, 3.63) is 51.9 Å². The highest BCUT2D eigenvalue weighted by molar-refractivity contribution is 7.72. The first kappa shape index (κ1) is 19.5. The lowest BCUT2D eigenvalue weighted by atomic mass is 9.99. The molecule has 0 radical (unpaired) electrons.